The van der Waals surface area contributed by atoms with E-state index in [9.17, 15) is 4.79 Å². The second kappa shape index (κ2) is 7.31. The molecule has 3 nitrogen and oxygen atoms in total. The number of amides is 2. The monoisotopic (exact) mass is 224 g/mol. The zero-order valence-corrected chi connectivity index (χ0v) is 10.5. The third-order valence-electron chi connectivity index (χ3n) is 2.94. The number of hydrogen-bond acceptors (Lipinski definition) is 1. The van der Waals surface area contributed by atoms with Crippen LogP contribution in [0, 0.1) is 11.8 Å². The molecule has 0 aliphatic heterocycles. The summed E-state index contributed by atoms with van der Waals surface area (Å²) >= 11 is 0. The summed E-state index contributed by atoms with van der Waals surface area (Å²) in [6.45, 7) is 5.90. The molecule has 2 amide bonds. The second-order valence-corrected chi connectivity index (χ2v) is 4.97. The quantitative estimate of drug-likeness (QED) is 0.693. The molecule has 16 heavy (non-hydrogen) atoms. The van der Waals surface area contributed by atoms with E-state index in [2.05, 4.69) is 36.6 Å². The number of hydrogen-bond donors (Lipinski definition) is 2. The maximum Gasteiger partial charge on any atom is 0.314 e. The van der Waals surface area contributed by atoms with Crippen molar-refractivity contribution in [3.8, 4) is 0 Å². The number of carbonyl (C=O) groups excluding carboxylic acids is 1. The Kier molecular flexibility index (Phi) is 5.98. The van der Waals surface area contributed by atoms with Crippen molar-refractivity contribution in [1.82, 2.24) is 10.6 Å². The number of urea groups is 1. The topological polar surface area (TPSA) is 41.1 Å². The molecule has 0 heterocycles. The SMILES string of the molecule is CC(C)CCNC(=O)NCC1CC=CCC1. The zero-order valence-electron chi connectivity index (χ0n) is 10.5. The Labute approximate surface area is 98.7 Å². The summed E-state index contributed by atoms with van der Waals surface area (Å²) < 4.78 is 0. The van der Waals surface area contributed by atoms with Gasteiger partial charge in [-0.05, 0) is 37.5 Å². The number of nitrogens with one attached hydrogen (secondary N) is 2. The van der Waals surface area contributed by atoms with E-state index in [0.717, 1.165) is 32.4 Å². The van der Waals surface area contributed by atoms with E-state index < -0.39 is 0 Å². The average molecular weight is 224 g/mol. The minimum atomic E-state index is -0.0183. The van der Waals surface area contributed by atoms with Gasteiger partial charge in [-0.15, -0.1) is 0 Å². The molecule has 1 rings (SSSR count). The van der Waals surface area contributed by atoms with Gasteiger partial charge >= 0.3 is 6.03 Å². The first-order valence-corrected chi connectivity index (χ1v) is 6.35. The summed E-state index contributed by atoms with van der Waals surface area (Å²) in [5.41, 5.74) is 0. The lowest BCUT2D eigenvalue weighted by Gasteiger charge is -2.18. The number of allylic oxidation sites excluding steroid dienone is 2. The lowest BCUT2D eigenvalue weighted by molar-refractivity contribution is 0.238. The van der Waals surface area contributed by atoms with E-state index in [0.29, 0.717) is 11.8 Å². The lowest BCUT2D eigenvalue weighted by Crippen LogP contribution is -2.39. The Morgan fingerprint density at radius 2 is 2.19 bits per heavy atom. The molecule has 2 N–H and O–H groups in total. The van der Waals surface area contributed by atoms with E-state index >= 15 is 0 Å². The van der Waals surface area contributed by atoms with Gasteiger partial charge in [-0.2, -0.15) is 0 Å². The predicted octanol–water partition coefficient (Wildman–Crippen LogP) is 2.69. The molecule has 0 fully saturated rings. The van der Waals surface area contributed by atoms with Gasteiger partial charge in [0, 0.05) is 13.1 Å². The van der Waals surface area contributed by atoms with Gasteiger partial charge in [0.2, 0.25) is 0 Å². The molecule has 0 aromatic rings. The molecule has 92 valence electrons. The Morgan fingerprint density at radius 1 is 1.38 bits per heavy atom. The number of carbonyl (C=O) groups is 1. The average Bonchev–Trinajstić information content (AvgIpc) is 2.27. The van der Waals surface area contributed by atoms with Gasteiger partial charge in [-0.3, -0.25) is 0 Å². The highest BCUT2D eigenvalue weighted by Crippen LogP contribution is 2.16. The molecule has 0 saturated heterocycles. The van der Waals surface area contributed by atoms with Crippen molar-refractivity contribution in [2.24, 2.45) is 11.8 Å². The van der Waals surface area contributed by atoms with E-state index in [1.165, 1.54) is 6.42 Å². The van der Waals surface area contributed by atoms with Crippen LogP contribution in [-0.4, -0.2) is 19.1 Å². The molecule has 0 radical (unpaired) electrons. The van der Waals surface area contributed by atoms with Crippen LogP contribution in [0.25, 0.3) is 0 Å². The summed E-state index contributed by atoms with van der Waals surface area (Å²) in [5, 5.41) is 5.83. The highest BCUT2D eigenvalue weighted by molar-refractivity contribution is 5.73. The van der Waals surface area contributed by atoms with Crippen LogP contribution < -0.4 is 10.6 Å². The van der Waals surface area contributed by atoms with E-state index in [1.807, 2.05) is 0 Å². The Bertz CT molecular complexity index is 236. The first kappa shape index (κ1) is 13.1. The Balaban J connectivity index is 2.03. The van der Waals surface area contributed by atoms with Crippen molar-refractivity contribution in [1.29, 1.82) is 0 Å². The first-order valence-electron chi connectivity index (χ1n) is 6.35. The van der Waals surface area contributed by atoms with E-state index in [-0.39, 0.29) is 6.03 Å². The van der Waals surface area contributed by atoms with Gasteiger partial charge in [0.25, 0.3) is 0 Å². The van der Waals surface area contributed by atoms with Crippen LogP contribution in [0.1, 0.15) is 39.5 Å². The molecular formula is C13H24N2O. The van der Waals surface area contributed by atoms with Crippen LogP contribution in [0.5, 0.6) is 0 Å². The third-order valence-corrected chi connectivity index (χ3v) is 2.94. The van der Waals surface area contributed by atoms with E-state index in [4.69, 9.17) is 0 Å². The van der Waals surface area contributed by atoms with Gasteiger partial charge < -0.3 is 10.6 Å². The van der Waals surface area contributed by atoms with Crippen molar-refractivity contribution in [2.45, 2.75) is 39.5 Å². The molecule has 0 saturated carbocycles. The van der Waals surface area contributed by atoms with Gasteiger partial charge in [-0.25, -0.2) is 4.79 Å². The highest BCUT2D eigenvalue weighted by Gasteiger charge is 2.10. The molecule has 1 atom stereocenters. The van der Waals surface area contributed by atoms with Crippen LogP contribution in [0.15, 0.2) is 12.2 Å². The lowest BCUT2D eigenvalue weighted by atomic mass is 9.94. The maximum atomic E-state index is 11.4. The van der Waals surface area contributed by atoms with Crippen LogP contribution in [0.2, 0.25) is 0 Å². The summed E-state index contributed by atoms with van der Waals surface area (Å²) in [7, 11) is 0. The standard InChI is InChI=1S/C13H24N2O/c1-11(2)8-9-14-13(16)15-10-12-6-4-3-5-7-12/h3-4,11-12H,5-10H2,1-2H3,(H2,14,15,16). The minimum absolute atomic E-state index is 0.0183. The smallest absolute Gasteiger partial charge is 0.314 e. The highest BCUT2D eigenvalue weighted by atomic mass is 16.2. The fraction of sp³-hybridized carbons (Fsp3) is 0.769. The molecule has 0 aromatic heterocycles. The summed E-state index contributed by atoms with van der Waals surface area (Å²) in [6.07, 6.45) is 8.93. The molecule has 0 aromatic carbocycles. The largest absolute Gasteiger partial charge is 0.338 e. The molecule has 0 bridgehead atoms. The molecule has 1 aliphatic rings. The van der Waals surface area contributed by atoms with Crippen molar-refractivity contribution in [3.05, 3.63) is 12.2 Å². The third kappa shape index (κ3) is 5.79. The normalized spacial score (nSPS) is 19.8. The van der Waals surface area contributed by atoms with Gasteiger partial charge in [0.05, 0.1) is 0 Å². The fourth-order valence-corrected chi connectivity index (χ4v) is 1.82. The summed E-state index contributed by atoms with van der Waals surface area (Å²) in [4.78, 5) is 11.4. The predicted molar refractivity (Wildman–Crippen MR) is 67.3 cm³/mol. The molecule has 0 spiro atoms. The van der Waals surface area contributed by atoms with Crippen LogP contribution in [0.4, 0.5) is 4.79 Å². The van der Waals surface area contributed by atoms with Crippen molar-refractivity contribution >= 4 is 6.03 Å². The van der Waals surface area contributed by atoms with Crippen molar-refractivity contribution < 1.29 is 4.79 Å². The zero-order chi connectivity index (χ0) is 11.8. The molecule has 1 aliphatic carbocycles. The van der Waals surface area contributed by atoms with Crippen LogP contribution in [0.3, 0.4) is 0 Å². The Hall–Kier alpha value is -0.990. The molecule has 1 unspecified atom stereocenters. The van der Waals surface area contributed by atoms with Gasteiger partial charge in [0.15, 0.2) is 0 Å². The summed E-state index contributed by atoms with van der Waals surface area (Å²) in [6, 6.07) is -0.0183. The first-order chi connectivity index (χ1) is 7.68. The molecule has 3 heteroatoms. The van der Waals surface area contributed by atoms with Crippen LogP contribution >= 0.6 is 0 Å². The van der Waals surface area contributed by atoms with E-state index in [1.54, 1.807) is 0 Å². The van der Waals surface area contributed by atoms with Crippen molar-refractivity contribution in [2.75, 3.05) is 13.1 Å². The summed E-state index contributed by atoms with van der Waals surface area (Å²) in [5.74, 6) is 1.27. The van der Waals surface area contributed by atoms with Gasteiger partial charge in [0.1, 0.15) is 0 Å². The van der Waals surface area contributed by atoms with Gasteiger partial charge in [-0.1, -0.05) is 26.0 Å². The fourth-order valence-electron chi connectivity index (χ4n) is 1.82. The molecular weight excluding hydrogens is 200 g/mol. The van der Waals surface area contributed by atoms with Crippen molar-refractivity contribution in [3.63, 3.8) is 0 Å². The number of rotatable bonds is 5. The Morgan fingerprint density at radius 3 is 2.81 bits per heavy atom. The second-order valence-electron chi connectivity index (χ2n) is 4.97. The van der Waals surface area contributed by atoms with Crippen LogP contribution in [-0.2, 0) is 0 Å². The minimum Gasteiger partial charge on any atom is -0.338 e. The maximum absolute atomic E-state index is 11.4.